The van der Waals surface area contributed by atoms with Gasteiger partial charge in [0.15, 0.2) is 0 Å². The number of benzene rings is 2. The summed E-state index contributed by atoms with van der Waals surface area (Å²) in [4.78, 5) is 0. The molecule has 1 atom stereocenters. The summed E-state index contributed by atoms with van der Waals surface area (Å²) in [5.74, 6) is 0. The second-order valence-corrected chi connectivity index (χ2v) is 4.72. The molecular weight excluding hydrogens is 303 g/mol. The second-order valence-electron chi connectivity index (χ2n) is 4.72. The van der Waals surface area contributed by atoms with Crippen LogP contribution in [0.3, 0.4) is 0 Å². The zero-order valence-corrected chi connectivity index (χ0v) is 11.4. The Balaban J connectivity index is 2.27. The fraction of sp³-hybridized carbons (Fsp3) is 0.250. The molecule has 0 aromatic heterocycles. The van der Waals surface area contributed by atoms with Gasteiger partial charge in [0.25, 0.3) is 0 Å². The van der Waals surface area contributed by atoms with Crippen LogP contribution in [-0.4, -0.2) is 12.3 Å². The van der Waals surface area contributed by atoms with E-state index in [2.05, 4.69) is 4.74 Å². The van der Waals surface area contributed by atoms with Crippen molar-refractivity contribution in [1.29, 1.82) is 0 Å². The maximum Gasteiger partial charge on any atom is 0.482 e. The van der Waals surface area contributed by atoms with Crippen molar-refractivity contribution in [3.63, 3.8) is 0 Å². The summed E-state index contributed by atoms with van der Waals surface area (Å²) in [5.41, 5.74) is 0.865. The highest BCUT2D eigenvalue weighted by Crippen LogP contribution is 2.40. The number of alkyl halides is 5. The molecule has 2 aromatic rings. The van der Waals surface area contributed by atoms with Crippen LogP contribution in [0.25, 0.3) is 0 Å². The summed E-state index contributed by atoms with van der Waals surface area (Å²) in [6, 6.07) is 16.1. The number of rotatable bonds is 5. The van der Waals surface area contributed by atoms with Crippen molar-refractivity contribution in [3.05, 3.63) is 71.8 Å². The Hall–Kier alpha value is -1.95. The monoisotopic (exact) mass is 316 g/mol. The van der Waals surface area contributed by atoms with Crippen LogP contribution in [0.4, 0.5) is 22.0 Å². The fourth-order valence-corrected chi connectivity index (χ4v) is 1.97. The average Bonchev–Trinajstić information content (AvgIpc) is 2.47. The quantitative estimate of drug-likeness (QED) is 0.694. The molecule has 0 saturated carbocycles. The fourth-order valence-electron chi connectivity index (χ4n) is 1.97. The van der Waals surface area contributed by atoms with E-state index in [1.165, 1.54) is 12.1 Å². The van der Waals surface area contributed by atoms with Gasteiger partial charge >= 0.3 is 12.3 Å². The lowest BCUT2D eigenvalue weighted by Gasteiger charge is -2.26. The van der Waals surface area contributed by atoms with Crippen LogP contribution in [0.5, 0.6) is 0 Å². The molecule has 0 aliphatic carbocycles. The Labute approximate surface area is 124 Å². The highest BCUT2D eigenvalue weighted by molar-refractivity contribution is 5.22. The van der Waals surface area contributed by atoms with Crippen LogP contribution >= 0.6 is 0 Å². The third-order valence-corrected chi connectivity index (χ3v) is 3.06. The minimum atomic E-state index is -5.75. The normalized spacial score (nSPS) is 13.9. The predicted molar refractivity (Wildman–Crippen MR) is 71.4 cm³/mol. The van der Waals surface area contributed by atoms with Crippen molar-refractivity contribution >= 4 is 0 Å². The molecule has 0 spiro atoms. The zero-order chi connectivity index (χ0) is 16.2. The molecule has 0 N–H and O–H groups in total. The van der Waals surface area contributed by atoms with E-state index >= 15 is 0 Å². The molecule has 1 unspecified atom stereocenters. The molecule has 0 fully saturated rings. The third kappa shape index (κ3) is 4.04. The second kappa shape index (κ2) is 6.44. The summed E-state index contributed by atoms with van der Waals surface area (Å²) in [6.07, 6.45) is -12.4. The average molecular weight is 316 g/mol. The Morgan fingerprint density at radius 1 is 0.773 bits per heavy atom. The van der Waals surface area contributed by atoms with Gasteiger partial charge < -0.3 is 4.74 Å². The molecule has 1 nitrogen and oxygen atoms in total. The van der Waals surface area contributed by atoms with Gasteiger partial charge in [0.05, 0.1) is 6.10 Å². The van der Waals surface area contributed by atoms with E-state index in [1.807, 2.05) is 0 Å². The highest BCUT2D eigenvalue weighted by Gasteiger charge is 2.60. The van der Waals surface area contributed by atoms with Gasteiger partial charge in [-0.2, -0.15) is 22.0 Å². The topological polar surface area (TPSA) is 9.23 Å². The lowest BCUT2D eigenvalue weighted by atomic mass is 10.0. The first-order valence-electron chi connectivity index (χ1n) is 6.51. The maximum absolute atomic E-state index is 13.2. The van der Waals surface area contributed by atoms with E-state index in [9.17, 15) is 22.0 Å². The number of halogens is 5. The van der Waals surface area contributed by atoms with Gasteiger partial charge in [-0.3, -0.25) is 0 Å². The van der Waals surface area contributed by atoms with Gasteiger partial charge in [-0.15, -0.1) is 0 Å². The highest BCUT2D eigenvalue weighted by atomic mass is 19.4. The van der Waals surface area contributed by atoms with Gasteiger partial charge in [0.2, 0.25) is 0 Å². The van der Waals surface area contributed by atoms with Gasteiger partial charge in [-0.25, -0.2) is 0 Å². The lowest BCUT2D eigenvalue weighted by Crippen LogP contribution is -2.40. The van der Waals surface area contributed by atoms with Crippen LogP contribution in [0.15, 0.2) is 60.7 Å². The van der Waals surface area contributed by atoms with Crippen LogP contribution < -0.4 is 0 Å². The van der Waals surface area contributed by atoms with E-state index in [0.29, 0.717) is 5.56 Å². The van der Waals surface area contributed by atoms with Crippen molar-refractivity contribution in [2.75, 3.05) is 0 Å². The summed E-state index contributed by atoms with van der Waals surface area (Å²) >= 11 is 0. The van der Waals surface area contributed by atoms with Gasteiger partial charge in [0, 0.05) is 6.42 Å². The number of hydrogen-bond acceptors (Lipinski definition) is 1. The summed E-state index contributed by atoms with van der Waals surface area (Å²) in [5, 5.41) is 0. The van der Waals surface area contributed by atoms with E-state index < -0.39 is 18.4 Å². The largest absolute Gasteiger partial charge is 0.482 e. The molecule has 22 heavy (non-hydrogen) atoms. The Bertz CT molecular complexity index is 580. The van der Waals surface area contributed by atoms with Gasteiger partial charge in [-0.1, -0.05) is 60.7 Å². The summed E-state index contributed by atoms with van der Waals surface area (Å²) in [7, 11) is 0. The number of ether oxygens (including phenoxy) is 1. The van der Waals surface area contributed by atoms with Crippen molar-refractivity contribution in [2.45, 2.75) is 24.8 Å². The molecule has 0 radical (unpaired) electrons. The molecule has 0 heterocycles. The van der Waals surface area contributed by atoms with E-state index in [1.54, 1.807) is 48.5 Å². The Morgan fingerprint density at radius 2 is 1.27 bits per heavy atom. The van der Waals surface area contributed by atoms with E-state index in [-0.39, 0.29) is 12.0 Å². The van der Waals surface area contributed by atoms with Crippen molar-refractivity contribution in [1.82, 2.24) is 0 Å². The first kappa shape index (κ1) is 16.4. The molecule has 2 aromatic carbocycles. The molecule has 0 aliphatic heterocycles. The molecule has 118 valence electrons. The molecule has 0 bridgehead atoms. The Kier molecular flexibility index (Phi) is 4.81. The Morgan fingerprint density at radius 3 is 1.77 bits per heavy atom. The van der Waals surface area contributed by atoms with Crippen molar-refractivity contribution in [2.24, 2.45) is 0 Å². The maximum atomic E-state index is 13.2. The third-order valence-electron chi connectivity index (χ3n) is 3.06. The molecule has 0 aliphatic rings. The molecule has 6 heteroatoms. The summed E-state index contributed by atoms with van der Waals surface area (Å²) in [6.45, 7) is 0. The smallest absolute Gasteiger partial charge is 0.305 e. The van der Waals surface area contributed by atoms with Crippen molar-refractivity contribution < 1.29 is 26.7 Å². The first-order valence-corrected chi connectivity index (χ1v) is 6.51. The molecule has 0 amide bonds. The number of hydrogen-bond donors (Lipinski definition) is 0. The van der Waals surface area contributed by atoms with Crippen LogP contribution in [-0.2, 0) is 11.2 Å². The van der Waals surface area contributed by atoms with Gasteiger partial charge in [-0.05, 0) is 11.1 Å². The van der Waals surface area contributed by atoms with E-state index in [0.717, 1.165) is 0 Å². The van der Waals surface area contributed by atoms with Crippen molar-refractivity contribution in [3.8, 4) is 0 Å². The van der Waals surface area contributed by atoms with Crippen LogP contribution in [0.1, 0.15) is 17.2 Å². The molecular formula is C16H13F5O. The van der Waals surface area contributed by atoms with E-state index in [4.69, 9.17) is 0 Å². The predicted octanol–water partition coefficient (Wildman–Crippen LogP) is 5.14. The zero-order valence-electron chi connectivity index (χ0n) is 11.4. The minimum absolute atomic E-state index is 0.0868. The summed E-state index contributed by atoms with van der Waals surface area (Å²) < 4.78 is 67.7. The molecule has 2 rings (SSSR count). The first-order chi connectivity index (χ1) is 10.3. The van der Waals surface area contributed by atoms with Crippen LogP contribution in [0.2, 0.25) is 0 Å². The lowest BCUT2D eigenvalue weighted by molar-refractivity contribution is -0.403. The molecule has 0 saturated heterocycles. The standard InChI is InChI=1S/C16H13F5O/c17-15(18,19)16(20,21)22-14(13-9-5-2-6-10-13)11-12-7-3-1-4-8-12/h1-10,14H,11H2. The minimum Gasteiger partial charge on any atom is -0.305 e. The SMILES string of the molecule is FC(F)(F)C(F)(F)OC(Cc1ccccc1)c1ccccc1. The van der Waals surface area contributed by atoms with Gasteiger partial charge in [0.1, 0.15) is 0 Å². The van der Waals surface area contributed by atoms with Crippen LogP contribution in [0, 0.1) is 0 Å².